The summed E-state index contributed by atoms with van der Waals surface area (Å²) in [5.41, 5.74) is 0. The summed E-state index contributed by atoms with van der Waals surface area (Å²) in [6.07, 6.45) is 1.28. The van der Waals surface area contributed by atoms with Crippen LogP contribution in [0.5, 0.6) is 0 Å². The lowest BCUT2D eigenvalue weighted by atomic mass is 10.4. The maximum atomic E-state index is 2.21. The van der Waals surface area contributed by atoms with Gasteiger partial charge in [-0.1, -0.05) is 6.92 Å². The first-order valence-electron chi connectivity index (χ1n) is 2.86. The standard InChI is InChI=1S/C6H16N/c1-5-6-7(2,3)4/h5-6H2,1-4H3/q+1. The van der Waals surface area contributed by atoms with Crippen molar-refractivity contribution < 1.29 is 4.48 Å². The number of quaternary nitrogens is 1. The largest absolute Gasteiger partial charge is 0.331 e. The van der Waals surface area contributed by atoms with Crippen molar-refractivity contribution in [2.45, 2.75) is 13.3 Å². The Morgan fingerprint density at radius 3 is 1.57 bits per heavy atom. The van der Waals surface area contributed by atoms with Crippen molar-refractivity contribution in [2.75, 3.05) is 27.7 Å². The maximum Gasteiger partial charge on any atom is 0.0777 e. The first-order chi connectivity index (χ1) is 3.06. The van der Waals surface area contributed by atoms with Gasteiger partial charge in [0, 0.05) is 0 Å². The highest BCUT2D eigenvalue weighted by Crippen LogP contribution is 1.90. The molecule has 1 heteroatoms. The first-order valence-corrected chi connectivity index (χ1v) is 2.86. The van der Waals surface area contributed by atoms with Crippen LogP contribution in [0.1, 0.15) is 13.3 Å². The number of hydrogen-bond donors (Lipinski definition) is 0. The molecule has 0 saturated carbocycles. The Kier molecular flexibility index (Phi) is 2.30. The second-order valence-corrected chi connectivity index (χ2v) is 3.01. The van der Waals surface area contributed by atoms with E-state index >= 15 is 0 Å². The van der Waals surface area contributed by atoms with E-state index in [0.717, 1.165) is 4.48 Å². The molecule has 0 aromatic carbocycles. The zero-order valence-corrected chi connectivity index (χ0v) is 5.86. The van der Waals surface area contributed by atoms with Crippen LogP contribution in [0.2, 0.25) is 0 Å². The second kappa shape index (κ2) is 2.31. The highest BCUT2D eigenvalue weighted by atomic mass is 15.3. The summed E-state index contributed by atoms with van der Waals surface area (Å²) in [6, 6.07) is 0. The van der Waals surface area contributed by atoms with Gasteiger partial charge in [-0.3, -0.25) is 0 Å². The molecule has 0 fully saturated rings. The Morgan fingerprint density at radius 1 is 1.14 bits per heavy atom. The van der Waals surface area contributed by atoms with Gasteiger partial charge >= 0.3 is 0 Å². The molecule has 0 bridgehead atoms. The molecule has 0 aromatic heterocycles. The molecule has 0 amide bonds. The summed E-state index contributed by atoms with van der Waals surface area (Å²) in [6.45, 7) is 3.49. The molecule has 7 heavy (non-hydrogen) atoms. The topological polar surface area (TPSA) is 0 Å². The van der Waals surface area contributed by atoms with Crippen molar-refractivity contribution in [2.24, 2.45) is 0 Å². The number of hydrogen-bond acceptors (Lipinski definition) is 0. The predicted octanol–water partition coefficient (Wildman–Crippen LogP) is 1.10. The van der Waals surface area contributed by atoms with Gasteiger partial charge in [0.15, 0.2) is 0 Å². The lowest BCUT2D eigenvalue weighted by Gasteiger charge is -2.22. The lowest BCUT2D eigenvalue weighted by Crippen LogP contribution is -2.34. The molecule has 0 aliphatic rings. The Bertz CT molecular complexity index is 42.6. The quantitative estimate of drug-likeness (QED) is 0.458. The van der Waals surface area contributed by atoms with Crippen LogP contribution < -0.4 is 0 Å². The van der Waals surface area contributed by atoms with Gasteiger partial charge in [-0.15, -0.1) is 0 Å². The van der Waals surface area contributed by atoms with Crippen LogP contribution in [0, 0.1) is 0 Å². The third kappa shape index (κ3) is 5.96. The summed E-state index contributed by atoms with van der Waals surface area (Å²) in [7, 11) is 6.64. The zero-order chi connectivity index (χ0) is 5.91. The average Bonchev–Trinajstić information content (AvgIpc) is 1.30. The molecule has 0 heterocycles. The highest BCUT2D eigenvalue weighted by molar-refractivity contribution is 4.20. The van der Waals surface area contributed by atoms with Gasteiger partial charge in [-0.25, -0.2) is 0 Å². The van der Waals surface area contributed by atoms with E-state index in [4.69, 9.17) is 0 Å². The van der Waals surface area contributed by atoms with Gasteiger partial charge in [-0.05, 0) is 6.42 Å². The Labute approximate surface area is 46.5 Å². The summed E-state index contributed by atoms with van der Waals surface area (Å²) < 4.78 is 1.09. The van der Waals surface area contributed by atoms with E-state index in [1.54, 1.807) is 0 Å². The van der Waals surface area contributed by atoms with Gasteiger partial charge in [-0.2, -0.15) is 0 Å². The fourth-order valence-corrected chi connectivity index (χ4v) is 0.671. The molecule has 0 aromatic rings. The fraction of sp³-hybridized carbons (Fsp3) is 1.00. The van der Waals surface area contributed by atoms with Crippen LogP contribution in [0.4, 0.5) is 0 Å². The SMILES string of the molecule is CCC[N+](C)(C)C. The highest BCUT2D eigenvalue weighted by Gasteiger charge is 2.01. The molecule has 0 rings (SSSR count). The molecule has 0 spiro atoms. The van der Waals surface area contributed by atoms with Crippen LogP contribution in [0.25, 0.3) is 0 Å². The van der Waals surface area contributed by atoms with E-state index in [1.807, 2.05) is 0 Å². The third-order valence-corrected chi connectivity index (χ3v) is 0.894. The van der Waals surface area contributed by atoms with Gasteiger partial charge in [0.25, 0.3) is 0 Å². The Balaban J connectivity index is 3.15. The molecule has 0 N–H and O–H groups in total. The smallest absolute Gasteiger partial charge is 0.0777 e. The summed E-state index contributed by atoms with van der Waals surface area (Å²) in [4.78, 5) is 0. The minimum absolute atomic E-state index is 1.09. The van der Waals surface area contributed by atoms with E-state index in [9.17, 15) is 0 Å². The molecular formula is C6H16N+. The Hall–Kier alpha value is -0.0400. The summed E-state index contributed by atoms with van der Waals surface area (Å²) in [5, 5.41) is 0. The molecule has 0 aliphatic carbocycles. The summed E-state index contributed by atoms with van der Waals surface area (Å²) >= 11 is 0. The molecule has 0 unspecified atom stereocenters. The van der Waals surface area contributed by atoms with Crippen LogP contribution in [0.3, 0.4) is 0 Å². The third-order valence-electron chi connectivity index (χ3n) is 0.894. The van der Waals surface area contributed by atoms with Gasteiger partial charge in [0.1, 0.15) is 0 Å². The minimum Gasteiger partial charge on any atom is -0.331 e. The van der Waals surface area contributed by atoms with E-state index < -0.39 is 0 Å². The molecular weight excluding hydrogens is 86.1 g/mol. The molecule has 0 radical (unpaired) electrons. The zero-order valence-electron chi connectivity index (χ0n) is 5.86. The van der Waals surface area contributed by atoms with Crippen molar-refractivity contribution in [1.82, 2.24) is 0 Å². The number of nitrogens with zero attached hydrogens (tertiary/aromatic N) is 1. The molecule has 1 nitrogen and oxygen atoms in total. The fourth-order valence-electron chi connectivity index (χ4n) is 0.671. The first kappa shape index (κ1) is 6.96. The maximum absolute atomic E-state index is 2.21. The van der Waals surface area contributed by atoms with Crippen molar-refractivity contribution in [1.29, 1.82) is 0 Å². The van der Waals surface area contributed by atoms with Crippen LogP contribution in [-0.4, -0.2) is 32.2 Å². The van der Waals surface area contributed by atoms with E-state index in [-0.39, 0.29) is 0 Å². The van der Waals surface area contributed by atoms with E-state index in [2.05, 4.69) is 28.1 Å². The van der Waals surface area contributed by atoms with E-state index in [1.165, 1.54) is 13.0 Å². The van der Waals surface area contributed by atoms with Crippen molar-refractivity contribution in [3.8, 4) is 0 Å². The lowest BCUT2D eigenvalue weighted by molar-refractivity contribution is -0.870. The van der Waals surface area contributed by atoms with Gasteiger partial charge in [0.2, 0.25) is 0 Å². The monoisotopic (exact) mass is 102 g/mol. The number of rotatable bonds is 2. The molecule has 0 aliphatic heterocycles. The van der Waals surface area contributed by atoms with Crippen LogP contribution in [0.15, 0.2) is 0 Å². The van der Waals surface area contributed by atoms with Crippen molar-refractivity contribution in [3.05, 3.63) is 0 Å². The summed E-state index contributed by atoms with van der Waals surface area (Å²) in [5.74, 6) is 0. The Morgan fingerprint density at radius 2 is 1.57 bits per heavy atom. The van der Waals surface area contributed by atoms with E-state index in [0.29, 0.717) is 0 Å². The van der Waals surface area contributed by atoms with Crippen LogP contribution >= 0.6 is 0 Å². The van der Waals surface area contributed by atoms with Crippen molar-refractivity contribution >= 4 is 0 Å². The molecule has 0 atom stereocenters. The van der Waals surface area contributed by atoms with Gasteiger partial charge < -0.3 is 4.48 Å². The minimum atomic E-state index is 1.09. The molecule has 0 saturated heterocycles. The van der Waals surface area contributed by atoms with Crippen molar-refractivity contribution in [3.63, 3.8) is 0 Å². The predicted molar refractivity (Wildman–Crippen MR) is 33.2 cm³/mol. The average molecular weight is 102 g/mol. The van der Waals surface area contributed by atoms with Gasteiger partial charge in [0.05, 0.1) is 27.7 Å². The second-order valence-electron chi connectivity index (χ2n) is 3.01. The molecule has 44 valence electrons. The van der Waals surface area contributed by atoms with Crippen LogP contribution in [-0.2, 0) is 0 Å². The normalized spacial score (nSPS) is 12.0.